The summed E-state index contributed by atoms with van der Waals surface area (Å²) >= 11 is 0. The molecule has 1 aliphatic heterocycles. The lowest BCUT2D eigenvalue weighted by atomic mass is 9.94. The van der Waals surface area contributed by atoms with Crippen LogP contribution in [0, 0.1) is 6.92 Å². The van der Waals surface area contributed by atoms with Crippen molar-refractivity contribution in [2.24, 2.45) is 5.84 Å². The van der Waals surface area contributed by atoms with Crippen molar-refractivity contribution < 1.29 is 19.1 Å². The van der Waals surface area contributed by atoms with E-state index >= 15 is 0 Å². The number of furan rings is 1. The summed E-state index contributed by atoms with van der Waals surface area (Å²) in [5.41, 5.74) is 2.25. The second-order valence-corrected chi connectivity index (χ2v) is 5.67. The fraction of sp³-hybridized carbons (Fsp3) is 0.643. The topological polar surface area (TPSA) is 101 Å². The molecule has 0 spiro atoms. The van der Waals surface area contributed by atoms with E-state index in [9.17, 15) is 9.90 Å². The molecular weight excluding hydrogens is 274 g/mol. The van der Waals surface area contributed by atoms with Gasteiger partial charge in [0.2, 0.25) is 0 Å². The van der Waals surface area contributed by atoms with Gasteiger partial charge in [0.25, 0.3) is 0 Å². The molecule has 0 aromatic carbocycles. The number of carbonyl (C=O) groups is 1. The van der Waals surface area contributed by atoms with Gasteiger partial charge in [-0.25, -0.2) is 5.84 Å². The maximum atomic E-state index is 11.4. The van der Waals surface area contributed by atoms with Gasteiger partial charge in [-0.05, 0) is 20.0 Å². The number of amides is 1. The first kappa shape index (κ1) is 16.0. The monoisotopic (exact) mass is 297 g/mol. The maximum Gasteiger partial charge on any atom is 0.300 e. The molecule has 0 radical (unpaired) electrons. The van der Waals surface area contributed by atoms with Crippen molar-refractivity contribution in [2.75, 3.05) is 26.8 Å². The SMILES string of the molecule is Cc1oc(C(=O)NN)cc1CN(C)CC1(O)CCOCC1. The lowest BCUT2D eigenvalue weighted by Crippen LogP contribution is -2.45. The Morgan fingerprint density at radius 3 is 2.81 bits per heavy atom. The third kappa shape index (κ3) is 4.04. The lowest BCUT2D eigenvalue weighted by Gasteiger charge is -2.35. The van der Waals surface area contributed by atoms with E-state index < -0.39 is 11.5 Å². The predicted molar refractivity (Wildman–Crippen MR) is 76.4 cm³/mol. The Morgan fingerprint density at radius 1 is 1.52 bits per heavy atom. The van der Waals surface area contributed by atoms with Crippen LogP contribution in [0.2, 0.25) is 0 Å². The highest BCUT2D eigenvalue weighted by Gasteiger charge is 2.31. The predicted octanol–water partition coefficient (Wildman–Crippen LogP) is 0.165. The van der Waals surface area contributed by atoms with E-state index in [-0.39, 0.29) is 5.76 Å². The van der Waals surface area contributed by atoms with Crippen molar-refractivity contribution in [2.45, 2.75) is 31.9 Å². The van der Waals surface area contributed by atoms with Gasteiger partial charge in [0.1, 0.15) is 5.76 Å². The van der Waals surface area contributed by atoms with Crippen molar-refractivity contribution in [1.82, 2.24) is 10.3 Å². The molecule has 7 heteroatoms. The number of nitrogens with zero attached hydrogens (tertiary/aromatic N) is 1. The Bertz CT molecular complexity index is 494. The van der Waals surface area contributed by atoms with Gasteiger partial charge in [-0.3, -0.25) is 15.1 Å². The van der Waals surface area contributed by atoms with Gasteiger partial charge < -0.3 is 14.3 Å². The lowest BCUT2D eigenvalue weighted by molar-refractivity contribution is -0.0777. The Labute approximate surface area is 124 Å². The molecule has 0 atom stereocenters. The molecular formula is C14H23N3O4. The van der Waals surface area contributed by atoms with E-state index in [1.165, 1.54) is 0 Å². The number of ether oxygens (including phenoxy) is 1. The first-order valence-corrected chi connectivity index (χ1v) is 7.02. The quantitative estimate of drug-likeness (QED) is 0.407. The summed E-state index contributed by atoms with van der Waals surface area (Å²) in [4.78, 5) is 13.5. The molecule has 1 aliphatic rings. The minimum Gasteiger partial charge on any atom is -0.456 e. The number of nitrogens with two attached hydrogens (primary N) is 1. The van der Waals surface area contributed by atoms with Crippen LogP contribution in [-0.4, -0.2) is 48.3 Å². The van der Waals surface area contributed by atoms with E-state index in [1.54, 1.807) is 13.0 Å². The average Bonchev–Trinajstić information content (AvgIpc) is 2.79. The number of hydrogen-bond donors (Lipinski definition) is 3. The zero-order valence-corrected chi connectivity index (χ0v) is 12.5. The van der Waals surface area contributed by atoms with Crippen molar-refractivity contribution in [1.29, 1.82) is 0 Å². The van der Waals surface area contributed by atoms with Crippen LogP contribution >= 0.6 is 0 Å². The van der Waals surface area contributed by atoms with Crippen LogP contribution in [0.1, 0.15) is 34.7 Å². The van der Waals surface area contributed by atoms with Crippen LogP contribution in [0.5, 0.6) is 0 Å². The fourth-order valence-electron chi connectivity index (χ4n) is 2.62. The largest absolute Gasteiger partial charge is 0.456 e. The summed E-state index contributed by atoms with van der Waals surface area (Å²) in [7, 11) is 1.93. The smallest absolute Gasteiger partial charge is 0.300 e. The number of rotatable bonds is 5. The van der Waals surface area contributed by atoms with Crippen LogP contribution in [0.15, 0.2) is 10.5 Å². The van der Waals surface area contributed by atoms with Crippen molar-refractivity contribution in [3.63, 3.8) is 0 Å². The summed E-state index contributed by atoms with van der Waals surface area (Å²) < 4.78 is 10.7. The average molecular weight is 297 g/mol. The first-order valence-electron chi connectivity index (χ1n) is 7.02. The van der Waals surface area contributed by atoms with Crippen molar-refractivity contribution in [3.8, 4) is 0 Å². The Morgan fingerprint density at radius 2 is 2.19 bits per heavy atom. The number of carbonyl (C=O) groups excluding carboxylic acids is 1. The summed E-state index contributed by atoms with van der Waals surface area (Å²) in [6, 6.07) is 1.68. The molecule has 0 unspecified atom stereocenters. The van der Waals surface area contributed by atoms with Gasteiger partial charge in [0.15, 0.2) is 5.76 Å². The van der Waals surface area contributed by atoms with Crippen LogP contribution in [0.25, 0.3) is 0 Å². The first-order chi connectivity index (χ1) is 9.93. The third-order valence-electron chi connectivity index (χ3n) is 3.80. The molecule has 0 aliphatic carbocycles. The van der Waals surface area contributed by atoms with E-state index in [0.717, 1.165) is 5.56 Å². The molecule has 0 bridgehead atoms. The van der Waals surface area contributed by atoms with Gasteiger partial charge >= 0.3 is 5.91 Å². The van der Waals surface area contributed by atoms with Crippen LogP contribution in [0.3, 0.4) is 0 Å². The van der Waals surface area contributed by atoms with E-state index in [2.05, 4.69) is 0 Å². The molecule has 7 nitrogen and oxygen atoms in total. The molecule has 21 heavy (non-hydrogen) atoms. The summed E-state index contributed by atoms with van der Waals surface area (Å²) in [5.74, 6) is 5.52. The van der Waals surface area contributed by atoms with E-state index in [4.69, 9.17) is 15.0 Å². The van der Waals surface area contributed by atoms with E-state index in [1.807, 2.05) is 17.4 Å². The van der Waals surface area contributed by atoms with Gasteiger partial charge in [-0.15, -0.1) is 0 Å². The molecule has 1 aromatic heterocycles. The standard InChI is InChI=1S/C14H23N3O4/c1-10-11(7-12(21-10)13(18)16-15)8-17(2)9-14(19)3-5-20-6-4-14/h7,19H,3-6,8-9,15H2,1-2H3,(H,16,18). The molecule has 2 heterocycles. The van der Waals surface area contributed by atoms with Gasteiger partial charge in [0.05, 0.1) is 5.60 Å². The number of likely N-dealkylation sites (N-methyl/N-ethyl adjacent to an activating group) is 1. The molecule has 0 saturated carbocycles. The number of hydrazine groups is 1. The Hall–Kier alpha value is -1.41. The minimum atomic E-state index is -0.706. The van der Waals surface area contributed by atoms with Gasteiger partial charge in [0, 0.05) is 44.7 Å². The summed E-state index contributed by atoms with van der Waals surface area (Å²) in [6.07, 6.45) is 1.28. The van der Waals surface area contributed by atoms with Crippen molar-refractivity contribution >= 4 is 5.91 Å². The highest BCUT2D eigenvalue weighted by Crippen LogP contribution is 2.23. The van der Waals surface area contributed by atoms with Gasteiger partial charge in [-0.2, -0.15) is 0 Å². The highest BCUT2D eigenvalue weighted by molar-refractivity contribution is 5.91. The number of aliphatic hydroxyl groups is 1. The molecule has 4 N–H and O–H groups in total. The van der Waals surface area contributed by atoms with Gasteiger partial charge in [-0.1, -0.05) is 0 Å². The number of nitrogen functional groups attached to an aromatic ring is 1. The fourth-order valence-corrected chi connectivity index (χ4v) is 2.62. The molecule has 1 fully saturated rings. The molecule has 1 aromatic rings. The maximum absolute atomic E-state index is 11.4. The molecule has 1 amide bonds. The zero-order chi connectivity index (χ0) is 15.5. The third-order valence-corrected chi connectivity index (χ3v) is 3.80. The number of nitrogens with one attached hydrogen (secondary N) is 1. The second kappa shape index (κ2) is 6.57. The van der Waals surface area contributed by atoms with Crippen LogP contribution in [-0.2, 0) is 11.3 Å². The van der Waals surface area contributed by atoms with Crippen molar-refractivity contribution in [3.05, 3.63) is 23.2 Å². The van der Waals surface area contributed by atoms with E-state index in [0.29, 0.717) is 44.9 Å². The highest BCUT2D eigenvalue weighted by atomic mass is 16.5. The summed E-state index contributed by atoms with van der Waals surface area (Å²) in [5, 5.41) is 10.5. The molecule has 2 rings (SSSR count). The van der Waals surface area contributed by atoms with Crippen LogP contribution < -0.4 is 11.3 Å². The zero-order valence-electron chi connectivity index (χ0n) is 12.5. The summed E-state index contributed by atoms with van der Waals surface area (Å²) in [6.45, 7) is 4.14. The number of hydrogen-bond acceptors (Lipinski definition) is 6. The Balaban J connectivity index is 1.97. The molecule has 1 saturated heterocycles. The molecule has 118 valence electrons. The van der Waals surface area contributed by atoms with Crippen LogP contribution in [0.4, 0.5) is 0 Å². The Kier molecular flexibility index (Phi) is 5.00. The second-order valence-electron chi connectivity index (χ2n) is 5.67. The normalized spacial score (nSPS) is 18.0. The number of aryl methyl sites for hydroxylation is 1. The minimum absolute atomic E-state index is 0.197.